The molecule has 3 aromatic rings. The number of aryl methyl sites for hydroxylation is 3. The van der Waals surface area contributed by atoms with Crippen LogP contribution in [-0.4, -0.2) is 24.7 Å². The zero-order valence-electron chi connectivity index (χ0n) is 15.5. The fourth-order valence-electron chi connectivity index (χ4n) is 4.46. The summed E-state index contributed by atoms with van der Waals surface area (Å²) < 4.78 is 2.29. The van der Waals surface area contributed by atoms with E-state index in [0.717, 1.165) is 46.3 Å². The van der Waals surface area contributed by atoms with E-state index >= 15 is 0 Å². The van der Waals surface area contributed by atoms with Gasteiger partial charge in [0.05, 0.1) is 11.1 Å². The third-order valence-electron chi connectivity index (χ3n) is 5.74. The van der Waals surface area contributed by atoms with Crippen LogP contribution in [0.4, 0.5) is 0 Å². The highest BCUT2D eigenvalue weighted by Crippen LogP contribution is 2.35. The van der Waals surface area contributed by atoms with E-state index in [1.54, 1.807) is 23.1 Å². The first-order chi connectivity index (χ1) is 13.2. The molecule has 0 radical (unpaired) electrons. The summed E-state index contributed by atoms with van der Waals surface area (Å²) in [5, 5.41) is 10.5. The first-order valence-electron chi connectivity index (χ1n) is 9.78. The third kappa shape index (κ3) is 3.12. The van der Waals surface area contributed by atoms with Crippen LogP contribution in [0.15, 0.2) is 9.95 Å². The van der Waals surface area contributed by atoms with Gasteiger partial charge in [0.1, 0.15) is 16.5 Å². The van der Waals surface area contributed by atoms with Crippen LogP contribution in [0.5, 0.6) is 0 Å². The molecule has 0 amide bonds. The van der Waals surface area contributed by atoms with E-state index in [1.165, 1.54) is 42.5 Å². The van der Waals surface area contributed by atoms with Crippen LogP contribution in [0.3, 0.4) is 0 Å². The lowest BCUT2D eigenvalue weighted by Crippen LogP contribution is -2.15. The van der Waals surface area contributed by atoms with E-state index in [0.29, 0.717) is 11.8 Å². The van der Waals surface area contributed by atoms with Crippen LogP contribution in [-0.2, 0) is 18.6 Å². The molecule has 0 aliphatic heterocycles. The zero-order chi connectivity index (χ0) is 18.4. The summed E-state index contributed by atoms with van der Waals surface area (Å²) in [7, 11) is 0. The Bertz CT molecular complexity index is 1040. The Balaban J connectivity index is 1.40. The van der Waals surface area contributed by atoms with Crippen molar-refractivity contribution < 1.29 is 0 Å². The summed E-state index contributed by atoms with van der Waals surface area (Å²) in [6, 6.07) is 0.506. The van der Waals surface area contributed by atoms with Crippen molar-refractivity contribution in [2.45, 2.75) is 75.2 Å². The summed E-state index contributed by atoms with van der Waals surface area (Å²) in [6.07, 6.45) is 9.55. The van der Waals surface area contributed by atoms with Gasteiger partial charge in [-0.05, 0) is 44.6 Å². The van der Waals surface area contributed by atoms with E-state index in [9.17, 15) is 4.79 Å². The van der Waals surface area contributed by atoms with Gasteiger partial charge in [-0.2, -0.15) is 0 Å². The fourth-order valence-corrected chi connectivity index (χ4v) is 6.66. The number of thioether (sulfide) groups is 1. The highest BCUT2D eigenvalue weighted by Gasteiger charge is 2.23. The SMILES string of the molecule is Cc1nnc(SCc2nc3sc4c(c3c(=O)[nH]2)CCC4)n1C1CCCCC1. The second-order valence-electron chi connectivity index (χ2n) is 7.53. The minimum Gasteiger partial charge on any atom is -0.309 e. The number of hydrogen-bond donors (Lipinski definition) is 1. The molecule has 2 aliphatic rings. The standard InChI is InChI=1S/C19H23N5OS2/c1-11-22-23-19(24(11)12-6-3-2-4-7-12)26-10-15-20-17(25)16-13-8-5-9-14(13)27-18(16)21-15/h12H,2-10H2,1H3,(H,20,21,25). The smallest absolute Gasteiger partial charge is 0.259 e. The highest BCUT2D eigenvalue weighted by molar-refractivity contribution is 7.98. The van der Waals surface area contributed by atoms with Crippen molar-refractivity contribution in [1.29, 1.82) is 0 Å². The number of thiophene rings is 1. The van der Waals surface area contributed by atoms with Crippen LogP contribution in [0, 0.1) is 6.92 Å². The molecular weight excluding hydrogens is 378 g/mol. The molecule has 0 unspecified atom stereocenters. The molecular formula is C19H23N5OS2. The first-order valence-corrected chi connectivity index (χ1v) is 11.6. The van der Waals surface area contributed by atoms with Gasteiger partial charge in [0.25, 0.3) is 5.56 Å². The zero-order valence-corrected chi connectivity index (χ0v) is 17.1. The minimum absolute atomic E-state index is 0.0138. The Hall–Kier alpha value is -1.67. The molecule has 1 saturated carbocycles. The van der Waals surface area contributed by atoms with E-state index in [1.807, 2.05) is 6.92 Å². The summed E-state index contributed by atoms with van der Waals surface area (Å²) in [5.41, 5.74) is 1.25. The van der Waals surface area contributed by atoms with Crippen LogP contribution in [0.25, 0.3) is 10.2 Å². The van der Waals surface area contributed by atoms with Crippen molar-refractivity contribution in [3.63, 3.8) is 0 Å². The van der Waals surface area contributed by atoms with E-state index < -0.39 is 0 Å². The molecule has 8 heteroatoms. The van der Waals surface area contributed by atoms with Gasteiger partial charge in [-0.15, -0.1) is 21.5 Å². The van der Waals surface area contributed by atoms with E-state index in [2.05, 4.69) is 19.7 Å². The second kappa shape index (κ2) is 7.05. The Morgan fingerprint density at radius 1 is 1.19 bits per heavy atom. The van der Waals surface area contributed by atoms with Gasteiger partial charge in [-0.1, -0.05) is 31.0 Å². The second-order valence-corrected chi connectivity index (χ2v) is 9.56. The van der Waals surface area contributed by atoms with E-state index in [4.69, 9.17) is 4.98 Å². The van der Waals surface area contributed by atoms with Crippen molar-refractivity contribution in [2.24, 2.45) is 0 Å². The summed E-state index contributed by atoms with van der Waals surface area (Å²) in [5.74, 6) is 2.32. The van der Waals surface area contributed by atoms with E-state index in [-0.39, 0.29) is 5.56 Å². The Kier molecular flexibility index (Phi) is 4.55. The van der Waals surface area contributed by atoms with Crippen LogP contribution >= 0.6 is 23.1 Å². The van der Waals surface area contributed by atoms with Crippen molar-refractivity contribution in [2.75, 3.05) is 0 Å². The van der Waals surface area contributed by atoms with Gasteiger partial charge in [-0.25, -0.2) is 4.98 Å². The van der Waals surface area contributed by atoms with Crippen LogP contribution in [0.2, 0.25) is 0 Å². The lowest BCUT2D eigenvalue weighted by Gasteiger charge is -2.24. The average Bonchev–Trinajstić information content (AvgIpc) is 3.34. The number of aromatic amines is 1. The maximum Gasteiger partial charge on any atom is 0.259 e. The molecule has 142 valence electrons. The van der Waals surface area contributed by atoms with Gasteiger partial charge in [0.15, 0.2) is 5.16 Å². The number of hydrogen-bond acceptors (Lipinski definition) is 6. The van der Waals surface area contributed by atoms with Crippen molar-refractivity contribution in [1.82, 2.24) is 24.7 Å². The molecule has 3 aromatic heterocycles. The molecule has 0 saturated heterocycles. The molecule has 5 rings (SSSR count). The Labute approximate surface area is 165 Å². The molecule has 6 nitrogen and oxygen atoms in total. The molecule has 2 aliphatic carbocycles. The number of aromatic nitrogens is 5. The Morgan fingerprint density at radius 2 is 2.04 bits per heavy atom. The van der Waals surface area contributed by atoms with Crippen molar-refractivity contribution in [3.8, 4) is 0 Å². The molecule has 0 bridgehead atoms. The first kappa shape index (κ1) is 17.4. The van der Waals surface area contributed by atoms with Gasteiger partial charge in [-0.3, -0.25) is 4.79 Å². The largest absolute Gasteiger partial charge is 0.309 e. The highest BCUT2D eigenvalue weighted by atomic mass is 32.2. The summed E-state index contributed by atoms with van der Waals surface area (Å²) >= 11 is 3.32. The van der Waals surface area contributed by atoms with Crippen LogP contribution in [0.1, 0.15) is 66.7 Å². The van der Waals surface area contributed by atoms with Crippen molar-refractivity contribution in [3.05, 3.63) is 32.4 Å². The number of nitrogens with zero attached hydrogens (tertiary/aromatic N) is 4. The van der Waals surface area contributed by atoms with Gasteiger partial charge in [0.2, 0.25) is 0 Å². The Morgan fingerprint density at radius 3 is 2.89 bits per heavy atom. The molecule has 1 N–H and O–H groups in total. The molecule has 0 atom stereocenters. The molecule has 0 spiro atoms. The minimum atomic E-state index is 0.0138. The number of nitrogens with one attached hydrogen (secondary N) is 1. The summed E-state index contributed by atoms with van der Waals surface area (Å²) in [6.45, 7) is 2.03. The molecule has 0 aromatic carbocycles. The normalized spacial score (nSPS) is 17.7. The molecule has 3 heterocycles. The maximum atomic E-state index is 12.6. The van der Waals surface area contributed by atoms with Gasteiger partial charge in [0, 0.05) is 10.9 Å². The predicted octanol–water partition coefficient (Wildman–Crippen LogP) is 4.17. The third-order valence-corrected chi connectivity index (χ3v) is 7.88. The monoisotopic (exact) mass is 401 g/mol. The fraction of sp³-hybridized carbons (Fsp3) is 0.579. The van der Waals surface area contributed by atoms with Crippen molar-refractivity contribution >= 4 is 33.3 Å². The average molecular weight is 402 g/mol. The summed E-state index contributed by atoms with van der Waals surface area (Å²) in [4.78, 5) is 22.6. The lowest BCUT2D eigenvalue weighted by molar-refractivity contribution is 0.332. The van der Waals surface area contributed by atoms with Gasteiger partial charge < -0.3 is 9.55 Å². The molecule has 1 fully saturated rings. The molecule has 27 heavy (non-hydrogen) atoms. The number of H-pyrrole nitrogens is 1. The number of rotatable bonds is 4. The predicted molar refractivity (Wildman–Crippen MR) is 109 cm³/mol. The number of fused-ring (bicyclic) bond motifs is 3. The van der Waals surface area contributed by atoms with Crippen LogP contribution < -0.4 is 5.56 Å². The lowest BCUT2D eigenvalue weighted by atomic mass is 9.95. The quantitative estimate of drug-likeness (QED) is 0.664. The van der Waals surface area contributed by atoms with Gasteiger partial charge >= 0.3 is 0 Å². The maximum absolute atomic E-state index is 12.6. The topological polar surface area (TPSA) is 76.5 Å².